The second-order valence-electron chi connectivity index (χ2n) is 3.09. The Morgan fingerprint density at radius 3 is 2.07 bits per heavy atom. The van der Waals surface area contributed by atoms with Gasteiger partial charge in [0.15, 0.2) is 0 Å². The van der Waals surface area contributed by atoms with Gasteiger partial charge in [-0.3, -0.25) is 0 Å². The molecule has 14 heavy (non-hydrogen) atoms. The van der Waals surface area contributed by atoms with Crippen LogP contribution in [-0.2, 0) is 6.18 Å². The third-order valence-corrected chi connectivity index (χ3v) is 1.73. The van der Waals surface area contributed by atoms with Gasteiger partial charge < -0.3 is 4.90 Å². The number of anilines is 1. The van der Waals surface area contributed by atoms with E-state index in [9.17, 15) is 17.6 Å². The normalized spacial score (nSPS) is 11.6. The van der Waals surface area contributed by atoms with E-state index in [2.05, 4.69) is 0 Å². The highest BCUT2D eigenvalue weighted by Gasteiger charge is 2.31. The summed E-state index contributed by atoms with van der Waals surface area (Å²) in [6.45, 7) is 0. The van der Waals surface area contributed by atoms with Crippen molar-refractivity contribution in [3.63, 3.8) is 0 Å². The fourth-order valence-corrected chi connectivity index (χ4v) is 0.996. The zero-order valence-electron chi connectivity index (χ0n) is 7.69. The maximum atomic E-state index is 12.8. The van der Waals surface area contributed by atoms with E-state index in [-0.39, 0.29) is 5.69 Å². The maximum Gasteiger partial charge on any atom is 0.416 e. The highest BCUT2D eigenvalue weighted by atomic mass is 19.4. The van der Waals surface area contributed by atoms with Crippen LogP contribution in [-0.4, -0.2) is 14.1 Å². The number of halogens is 4. The Hall–Kier alpha value is -1.26. The lowest BCUT2D eigenvalue weighted by molar-refractivity contribution is -0.137. The first kappa shape index (κ1) is 10.8. The molecular weight excluding hydrogens is 198 g/mol. The van der Waals surface area contributed by atoms with Gasteiger partial charge in [-0.1, -0.05) is 0 Å². The largest absolute Gasteiger partial charge is 0.416 e. The summed E-state index contributed by atoms with van der Waals surface area (Å²) in [6.07, 6.45) is -4.51. The zero-order chi connectivity index (χ0) is 10.9. The smallest absolute Gasteiger partial charge is 0.378 e. The highest BCUT2D eigenvalue weighted by molar-refractivity contribution is 5.48. The second kappa shape index (κ2) is 3.48. The molecule has 1 aromatic carbocycles. The van der Waals surface area contributed by atoms with Crippen molar-refractivity contribution in [3.8, 4) is 0 Å². The van der Waals surface area contributed by atoms with Crippen molar-refractivity contribution in [1.29, 1.82) is 0 Å². The summed E-state index contributed by atoms with van der Waals surface area (Å²) in [5, 5.41) is 0. The number of alkyl halides is 3. The monoisotopic (exact) mass is 207 g/mol. The molecule has 1 aromatic rings. The van der Waals surface area contributed by atoms with Gasteiger partial charge in [-0.25, -0.2) is 4.39 Å². The van der Waals surface area contributed by atoms with Crippen LogP contribution in [0.5, 0.6) is 0 Å². The van der Waals surface area contributed by atoms with Crippen molar-refractivity contribution in [2.75, 3.05) is 19.0 Å². The number of rotatable bonds is 1. The summed E-state index contributed by atoms with van der Waals surface area (Å²) < 4.78 is 49.5. The van der Waals surface area contributed by atoms with Crippen LogP contribution in [0.25, 0.3) is 0 Å². The van der Waals surface area contributed by atoms with Crippen LogP contribution in [0.4, 0.5) is 23.2 Å². The first-order valence-electron chi connectivity index (χ1n) is 3.86. The summed E-state index contributed by atoms with van der Waals surface area (Å²) in [7, 11) is 3.10. The van der Waals surface area contributed by atoms with Gasteiger partial charge in [0.1, 0.15) is 5.82 Å². The number of hydrogen-bond acceptors (Lipinski definition) is 1. The Balaban J connectivity index is 3.21. The molecule has 78 valence electrons. The highest BCUT2D eigenvalue weighted by Crippen LogP contribution is 2.32. The number of benzene rings is 1. The summed E-state index contributed by atoms with van der Waals surface area (Å²) in [6, 6.07) is 2.44. The van der Waals surface area contributed by atoms with E-state index in [1.165, 1.54) is 4.90 Å². The lowest BCUT2D eigenvalue weighted by atomic mass is 10.2. The van der Waals surface area contributed by atoms with E-state index >= 15 is 0 Å². The van der Waals surface area contributed by atoms with Gasteiger partial charge in [-0.05, 0) is 18.2 Å². The van der Waals surface area contributed by atoms with Crippen molar-refractivity contribution in [1.82, 2.24) is 0 Å². The van der Waals surface area contributed by atoms with Crippen molar-refractivity contribution in [2.24, 2.45) is 0 Å². The van der Waals surface area contributed by atoms with Crippen LogP contribution < -0.4 is 4.90 Å². The summed E-state index contributed by atoms with van der Waals surface area (Å²) in [4.78, 5) is 1.42. The van der Waals surface area contributed by atoms with E-state index < -0.39 is 17.6 Å². The third-order valence-electron chi connectivity index (χ3n) is 1.73. The van der Waals surface area contributed by atoms with E-state index in [0.29, 0.717) is 6.07 Å². The molecule has 0 aromatic heterocycles. The molecule has 0 unspecified atom stereocenters. The van der Waals surface area contributed by atoms with Gasteiger partial charge in [-0.15, -0.1) is 0 Å². The molecule has 0 saturated heterocycles. The molecule has 0 saturated carbocycles. The summed E-state index contributed by atoms with van der Waals surface area (Å²) in [5.74, 6) is -0.886. The molecule has 0 fully saturated rings. The van der Waals surface area contributed by atoms with E-state index in [0.717, 1.165) is 12.1 Å². The first-order chi connectivity index (χ1) is 6.30. The number of nitrogens with zero attached hydrogens (tertiary/aromatic N) is 1. The Morgan fingerprint density at radius 1 is 1.07 bits per heavy atom. The standard InChI is InChI=1S/C9H9F4N/c1-14(2)8-4-6(9(11,12)13)3-7(10)5-8/h3-5H,1-2H3. The minimum Gasteiger partial charge on any atom is -0.378 e. The molecule has 0 amide bonds. The molecule has 0 aliphatic heterocycles. The quantitative estimate of drug-likeness (QED) is 0.640. The fourth-order valence-electron chi connectivity index (χ4n) is 0.996. The minimum absolute atomic E-state index is 0.192. The molecule has 0 bridgehead atoms. The lowest BCUT2D eigenvalue weighted by Crippen LogP contribution is -2.12. The molecule has 1 rings (SSSR count). The second-order valence-corrected chi connectivity index (χ2v) is 3.09. The van der Waals surface area contributed by atoms with Crippen LogP contribution in [0.2, 0.25) is 0 Å². The molecular formula is C9H9F4N. The predicted molar refractivity (Wildman–Crippen MR) is 45.7 cm³/mol. The molecule has 1 nitrogen and oxygen atoms in total. The maximum absolute atomic E-state index is 12.8. The van der Waals surface area contributed by atoms with Gasteiger partial charge in [-0.2, -0.15) is 13.2 Å². The fraction of sp³-hybridized carbons (Fsp3) is 0.333. The molecule has 5 heteroatoms. The van der Waals surface area contributed by atoms with Gasteiger partial charge in [0.2, 0.25) is 0 Å². The summed E-state index contributed by atoms with van der Waals surface area (Å²) >= 11 is 0. The molecule has 0 atom stereocenters. The average Bonchev–Trinajstić information content (AvgIpc) is 2.01. The molecule has 0 N–H and O–H groups in total. The Morgan fingerprint density at radius 2 is 1.64 bits per heavy atom. The van der Waals surface area contributed by atoms with E-state index in [1.807, 2.05) is 0 Å². The summed E-state index contributed by atoms with van der Waals surface area (Å²) in [5.41, 5.74) is -0.779. The van der Waals surface area contributed by atoms with Crippen molar-refractivity contribution in [2.45, 2.75) is 6.18 Å². The van der Waals surface area contributed by atoms with Crippen LogP contribution >= 0.6 is 0 Å². The van der Waals surface area contributed by atoms with Crippen LogP contribution in [0, 0.1) is 5.82 Å². The minimum atomic E-state index is -4.51. The van der Waals surface area contributed by atoms with Crippen LogP contribution in [0.1, 0.15) is 5.56 Å². The average molecular weight is 207 g/mol. The van der Waals surface area contributed by atoms with E-state index in [4.69, 9.17) is 0 Å². The molecule has 0 spiro atoms. The Bertz CT molecular complexity index is 330. The van der Waals surface area contributed by atoms with Crippen molar-refractivity contribution in [3.05, 3.63) is 29.6 Å². The Labute approximate surface area is 78.9 Å². The SMILES string of the molecule is CN(C)c1cc(F)cc(C(F)(F)F)c1. The van der Waals surface area contributed by atoms with E-state index in [1.54, 1.807) is 14.1 Å². The van der Waals surface area contributed by atoms with Gasteiger partial charge in [0, 0.05) is 19.8 Å². The molecule has 0 heterocycles. The predicted octanol–water partition coefficient (Wildman–Crippen LogP) is 2.91. The van der Waals surface area contributed by atoms with Gasteiger partial charge in [0.25, 0.3) is 0 Å². The van der Waals surface area contributed by atoms with Crippen molar-refractivity contribution < 1.29 is 17.6 Å². The Kier molecular flexibility index (Phi) is 2.69. The molecule has 0 aliphatic rings. The topological polar surface area (TPSA) is 3.24 Å². The number of hydrogen-bond donors (Lipinski definition) is 0. The van der Waals surface area contributed by atoms with Gasteiger partial charge in [0.05, 0.1) is 5.56 Å². The molecule has 0 aliphatic carbocycles. The lowest BCUT2D eigenvalue weighted by Gasteiger charge is -2.15. The van der Waals surface area contributed by atoms with Gasteiger partial charge >= 0.3 is 6.18 Å². The van der Waals surface area contributed by atoms with Crippen LogP contribution in [0.15, 0.2) is 18.2 Å². The van der Waals surface area contributed by atoms with Crippen LogP contribution in [0.3, 0.4) is 0 Å². The zero-order valence-corrected chi connectivity index (χ0v) is 7.69. The molecule has 0 radical (unpaired) electrons. The first-order valence-corrected chi connectivity index (χ1v) is 3.86. The van der Waals surface area contributed by atoms with Crippen molar-refractivity contribution >= 4 is 5.69 Å². The third kappa shape index (κ3) is 2.37.